The number of carbonyl (C=O) groups is 1. The third-order valence-corrected chi connectivity index (χ3v) is 9.26. The van der Waals surface area contributed by atoms with Crippen LogP contribution in [0.3, 0.4) is 0 Å². The summed E-state index contributed by atoms with van der Waals surface area (Å²) in [5, 5.41) is 6.95. The Morgan fingerprint density at radius 2 is 1.34 bits per heavy atom. The van der Waals surface area contributed by atoms with Crippen LogP contribution in [-0.4, -0.2) is 39.7 Å². The minimum atomic E-state index is -2.44. The Kier molecular flexibility index (Phi) is 22.8. The van der Waals surface area contributed by atoms with Crippen LogP contribution >= 0.6 is 0 Å². The Labute approximate surface area is 307 Å². The Balaban J connectivity index is 0.00000768. The average Bonchev–Trinajstić information content (AvgIpc) is 3.07. The van der Waals surface area contributed by atoms with E-state index in [1.807, 2.05) is 66.7 Å². The molecule has 7 nitrogen and oxygen atoms in total. The van der Waals surface area contributed by atoms with Gasteiger partial charge in [0.05, 0.1) is 0 Å². The van der Waals surface area contributed by atoms with Crippen molar-refractivity contribution in [3.05, 3.63) is 72.3 Å². The number of nitrogens with one attached hydrogen (secondary N) is 2. The van der Waals surface area contributed by atoms with Gasteiger partial charge in [-0.15, -0.1) is 0 Å². The third-order valence-electron chi connectivity index (χ3n) is 8.34. The first-order valence-electron chi connectivity index (χ1n) is 17.5. The minimum Gasteiger partial charge on any atom is -0.772 e. The number of carbonyl (C=O) groups excluding carboxylic acids is 1. The van der Waals surface area contributed by atoms with E-state index in [1.165, 1.54) is 70.6 Å². The zero-order chi connectivity index (χ0) is 32.7. The van der Waals surface area contributed by atoms with Gasteiger partial charge in [0.2, 0.25) is 5.91 Å². The molecule has 0 radical (unpaired) electrons. The number of rotatable bonds is 26. The molecule has 0 heterocycles. The van der Waals surface area contributed by atoms with E-state index in [0.717, 1.165) is 35.6 Å². The van der Waals surface area contributed by atoms with Crippen molar-refractivity contribution in [3.63, 3.8) is 0 Å². The molecule has 0 fully saturated rings. The Morgan fingerprint density at radius 3 is 1.98 bits per heavy atom. The van der Waals surface area contributed by atoms with Crippen LogP contribution in [0.4, 0.5) is 0 Å². The molecule has 3 aromatic carbocycles. The van der Waals surface area contributed by atoms with Gasteiger partial charge in [-0.25, -0.2) is 0 Å². The van der Waals surface area contributed by atoms with E-state index in [4.69, 9.17) is 9.47 Å². The number of hydrogen-bond acceptors (Lipinski definition) is 6. The number of benzene rings is 3. The fraction of sp³-hybridized carbons (Fsp3) is 0.553. The molecule has 3 aromatic rings. The molecule has 0 aliphatic rings. The standard InChI is InChI=1S/C38H56N2O5S.Na/c1-2-3-4-5-6-7-8-9-10-11-12-13-14-18-25-36(46(42)43)38(41)40-29-28-39-31-45-35-27-26-33-23-19-20-24-34(33)37(35)44-30-32-21-16-15-17-22-32;/h15-17,19-24,26-27,36,39H,2-14,18,25,28-31H2,1H3,(H,40,41)(H,42,43);/q;+1/p-1. The molecule has 9 heteroatoms. The van der Waals surface area contributed by atoms with E-state index >= 15 is 0 Å². The van der Waals surface area contributed by atoms with Gasteiger partial charge in [0.1, 0.15) is 18.6 Å². The van der Waals surface area contributed by atoms with Gasteiger partial charge in [0, 0.05) is 18.5 Å². The molecule has 0 aromatic heterocycles. The van der Waals surface area contributed by atoms with Crippen molar-refractivity contribution in [1.29, 1.82) is 0 Å². The first-order chi connectivity index (χ1) is 22.6. The van der Waals surface area contributed by atoms with Crippen molar-refractivity contribution in [1.82, 2.24) is 10.6 Å². The molecule has 254 valence electrons. The van der Waals surface area contributed by atoms with E-state index in [2.05, 4.69) is 17.6 Å². The van der Waals surface area contributed by atoms with Gasteiger partial charge in [-0.1, -0.05) is 157 Å². The van der Waals surface area contributed by atoms with E-state index < -0.39 is 22.2 Å². The molecule has 2 N–H and O–H groups in total. The van der Waals surface area contributed by atoms with Crippen molar-refractivity contribution in [2.75, 3.05) is 19.8 Å². The molecule has 0 saturated carbocycles. The van der Waals surface area contributed by atoms with Crippen LogP contribution in [-0.2, 0) is 22.5 Å². The second-order valence-corrected chi connectivity index (χ2v) is 13.2. The summed E-state index contributed by atoms with van der Waals surface area (Å²) >= 11 is -2.44. The maximum atomic E-state index is 12.6. The van der Waals surface area contributed by atoms with Crippen LogP contribution in [0.15, 0.2) is 66.7 Å². The monoisotopic (exact) mass is 674 g/mol. The van der Waals surface area contributed by atoms with Gasteiger partial charge >= 0.3 is 29.6 Å². The minimum absolute atomic E-state index is 0. The summed E-state index contributed by atoms with van der Waals surface area (Å²) in [6, 6.07) is 21.9. The van der Waals surface area contributed by atoms with Crippen LogP contribution in [0.2, 0.25) is 0 Å². The Morgan fingerprint density at radius 1 is 0.745 bits per heavy atom. The van der Waals surface area contributed by atoms with Crippen LogP contribution in [0.5, 0.6) is 11.5 Å². The molecule has 0 aliphatic heterocycles. The van der Waals surface area contributed by atoms with Gasteiger partial charge in [-0.2, -0.15) is 0 Å². The molecule has 0 aliphatic carbocycles. The van der Waals surface area contributed by atoms with E-state index in [0.29, 0.717) is 37.6 Å². The van der Waals surface area contributed by atoms with Crippen molar-refractivity contribution in [3.8, 4) is 11.5 Å². The van der Waals surface area contributed by atoms with E-state index in [-0.39, 0.29) is 36.3 Å². The number of hydrogen-bond donors (Lipinski definition) is 2. The Hall–Kier alpha value is -1.94. The second-order valence-electron chi connectivity index (χ2n) is 12.1. The van der Waals surface area contributed by atoms with Crippen molar-refractivity contribution in [2.24, 2.45) is 0 Å². The summed E-state index contributed by atoms with van der Waals surface area (Å²) in [5.74, 6) is 0.874. The molecule has 0 saturated heterocycles. The summed E-state index contributed by atoms with van der Waals surface area (Å²) in [6.45, 7) is 3.64. The van der Waals surface area contributed by atoms with Crippen molar-refractivity contribution >= 4 is 27.8 Å². The predicted octanol–water partition coefficient (Wildman–Crippen LogP) is 5.58. The summed E-state index contributed by atoms with van der Waals surface area (Å²) in [7, 11) is 0. The normalized spacial score (nSPS) is 12.3. The first-order valence-corrected chi connectivity index (χ1v) is 18.6. The van der Waals surface area contributed by atoms with Gasteiger partial charge in [0.25, 0.3) is 0 Å². The van der Waals surface area contributed by atoms with Gasteiger partial charge in [-0.05, 0) is 34.5 Å². The molecular formula is C38H55N2NaO5S. The fourth-order valence-electron chi connectivity index (χ4n) is 5.64. The molecule has 0 spiro atoms. The largest absolute Gasteiger partial charge is 1.00 e. The number of amides is 1. The topological polar surface area (TPSA) is 99.7 Å². The molecule has 3 rings (SSSR count). The van der Waals surface area contributed by atoms with Gasteiger partial charge in [0.15, 0.2) is 11.5 Å². The van der Waals surface area contributed by atoms with Crippen molar-refractivity contribution < 1.29 is 52.6 Å². The molecule has 2 atom stereocenters. The maximum Gasteiger partial charge on any atom is 1.00 e. The summed E-state index contributed by atoms with van der Waals surface area (Å²) in [5.41, 5.74) is 1.07. The van der Waals surface area contributed by atoms with Crippen LogP contribution in [0, 0.1) is 0 Å². The predicted molar refractivity (Wildman–Crippen MR) is 189 cm³/mol. The van der Waals surface area contributed by atoms with E-state index in [1.54, 1.807) is 0 Å². The zero-order valence-corrected chi connectivity index (χ0v) is 31.6. The number of ether oxygens (including phenoxy) is 2. The SMILES string of the molecule is CCCCCCCCCCCCCCCCC(C(=O)NCCNCOc1ccc2ccccc2c1OCc1ccccc1)S(=O)[O-].[Na+]. The second kappa shape index (κ2) is 26.0. The third kappa shape index (κ3) is 16.8. The fourth-order valence-corrected chi connectivity index (χ4v) is 6.26. The maximum absolute atomic E-state index is 12.6. The molecule has 0 bridgehead atoms. The zero-order valence-electron chi connectivity index (χ0n) is 28.8. The summed E-state index contributed by atoms with van der Waals surface area (Å²) in [4.78, 5) is 12.6. The van der Waals surface area contributed by atoms with E-state index in [9.17, 15) is 13.6 Å². The molecule has 2 unspecified atom stereocenters. The number of fused-ring (bicyclic) bond motifs is 1. The first kappa shape index (κ1) is 41.2. The Bertz CT molecular complexity index is 1280. The average molecular weight is 675 g/mol. The van der Waals surface area contributed by atoms with Crippen molar-refractivity contribution in [2.45, 2.75) is 115 Å². The number of unbranched alkanes of at least 4 members (excludes halogenated alkanes) is 13. The molecular weight excluding hydrogens is 619 g/mol. The van der Waals surface area contributed by atoms with Crippen LogP contribution in [0.25, 0.3) is 10.8 Å². The smallest absolute Gasteiger partial charge is 0.772 e. The van der Waals surface area contributed by atoms with Gasteiger partial charge < -0.3 is 19.3 Å². The van der Waals surface area contributed by atoms with Crippen LogP contribution < -0.4 is 49.7 Å². The molecule has 47 heavy (non-hydrogen) atoms. The summed E-state index contributed by atoms with van der Waals surface area (Å²) in [6.07, 6.45) is 17.7. The summed E-state index contributed by atoms with van der Waals surface area (Å²) < 4.78 is 35.7. The van der Waals surface area contributed by atoms with Crippen LogP contribution in [0.1, 0.15) is 109 Å². The molecule has 1 amide bonds. The quantitative estimate of drug-likeness (QED) is 0.0499. The van der Waals surface area contributed by atoms with Gasteiger partial charge in [-0.3, -0.25) is 14.3 Å².